The number of rotatable bonds is 7. The Bertz CT molecular complexity index is 440. The minimum Gasteiger partial charge on any atom is -0.353 e. The molecular weight excluding hydrogens is 252 g/mol. The van der Waals surface area contributed by atoms with Crippen molar-refractivity contribution >= 4 is 17.7 Å². The molecule has 2 N–H and O–H groups in total. The van der Waals surface area contributed by atoms with Gasteiger partial charge in [0, 0.05) is 12.6 Å². The molecule has 0 radical (unpaired) electrons. The van der Waals surface area contributed by atoms with Crippen molar-refractivity contribution in [3.63, 3.8) is 0 Å². The van der Waals surface area contributed by atoms with Crippen LogP contribution in [0.25, 0.3) is 0 Å². The molecule has 1 aromatic heterocycles. The van der Waals surface area contributed by atoms with Gasteiger partial charge in [0.05, 0.1) is 5.75 Å². The smallest absolute Gasteiger partial charge is 0.343 e. The SMILES string of the molecule is CCCn1c(SCC(=O)NC(C)CC)n[nH]c1=O. The van der Waals surface area contributed by atoms with Crippen molar-refractivity contribution in [2.75, 3.05) is 5.75 Å². The van der Waals surface area contributed by atoms with Crippen molar-refractivity contribution in [3.8, 4) is 0 Å². The number of H-pyrrole nitrogens is 1. The molecule has 1 atom stereocenters. The van der Waals surface area contributed by atoms with Crippen LogP contribution in [0.5, 0.6) is 0 Å². The maximum absolute atomic E-state index is 11.6. The number of nitrogens with zero attached hydrogens (tertiary/aromatic N) is 2. The van der Waals surface area contributed by atoms with Crippen LogP contribution in [-0.4, -0.2) is 32.5 Å². The summed E-state index contributed by atoms with van der Waals surface area (Å²) in [5.74, 6) is 0.242. The van der Waals surface area contributed by atoms with Crippen LogP contribution in [0.3, 0.4) is 0 Å². The second kappa shape index (κ2) is 7.25. The van der Waals surface area contributed by atoms with E-state index in [-0.39, 0.29) is 23.4 Å². The largest absolute Gasteiger partial charge is 0.353 e. The Morgan fingerprint density at radius 3 is 2.89 bits per heavy atom. The van der Waals surface area contributed by atoms with Crippen LogP contribution in [0.2, 0.25) is 0 Å². The van der Waals surface area contributed by atoms with Gasteiger partial charge in [0.2, 0.25) is 5.91 Å². The van der Waals surface area contributed by atoms with Gasteiger partial charge < -0.3 is 5.32 Å². The minimum absolute atomic E-state index is 0.0344. The molecule has 0 aliphatic heterocycles. The average Bonchev–Trinajstić information content (AvgIpc) is 2.69. The number of carbonyl (C=O) groups excluding carboxylic acids is 1. The predicted molar refractivity (Wildman–Crippen MR) is 71.8 cm³/mol. The third-order valence-corrected chi connectivity index (χ3v) is 3.50. The van der Waals surface area contributed by atoms with Crippen molar-refractivity contribution in [2.24, 2.45) is 0 Å². The lowest BCUT2D eigenvalue weighted by Crippen LogP contribution is -2.33. The van der Waals surface area contributed by atoms with Crippen LogP contribution < -0.4 is 11.0 Å². The van der Waals surface area contributed by atoms with E-state index in [0.29, 0.717) is 11.7 Å². The fourth-order valence-electron chi connectivity index (χ4n) is 1.38. The molecule has 0 saturated carbocycles. The molecule has 18 heavy (non-hydrogen) atoms. The summed E-state index contributed by atoms with van der Waals surface area (Å²) in [6, 6.07) is 0.176. The molecule has 6 nitrogen and oxygen atoms in total. The van der Waals surface area contributed by atoms with E-state index < -0.39 is 0 Å². The van der Waals surface area contributed by atoms with Gasteiger partial charge in [0.15, 0.2) is 5.16 Å². The van der Waals surface area contributed by atoms with Gasteiger partial charge in [0.1, 0.15) is 0 Å². The molecule has 1 unspecified atom stereocenters. The molecule has 1 heterocycles. The Morgan fingerprint density at radius 1 is 1.56 bits per heavy atom. The first kappa shape index (κ1) is 14.8. The van der Waals surface area contributed by atoms with E-state index in [2.05, 4.69) is 15.5 Å². The minimum atomic E-state index is -0.221. The van der Waals surface area contributed by atoms with Crippen molar-refractivity contribution in [1.82, 2.24) is 20.1 Å². The van der Waals surface area contributed by atoms with Gasteiger partial charge >= 0.3 is 5.69 Å². The topological polar surface area (TPSA) is 79.8 Å². The summed E-state index contributed by atoms with van der Waals surface area (Å²) in [7, 11) is 0. The summed E-state index contributed by atoms with van der Waals surface area (Å²) in [5, 5.41) is 9.76. The average molecular weight is 272 g/mol. The highest BCUT2D eigenvalue weighted by molar-refractivity contribution is 7.99. The first-order valence-corrected chi connectivity index (χ1v) is 7.14. The normalized spacial score (nSPS) is 12.4. The van der Waals surface area contributed by atoms with E-state index in [4.69, 9.17) is 0 Å². The van der Waals surface area contributed by atoms with Crippen LogP contribution in [0.15, 0.2) is 9.95 Å². The van der Waals surface area contributed by atoms with E-state index in [0.717, 1.165) is 12.8 Å². The Balaban J connectivity index is 2.53. The third kappa shape index (κ3) is 4.21. The Kier molecular flexibility index (Phi) is 5.97. The highest BCUT2D eigenvalue weighted by Gasteiger charge is 2.11. The first-order valence-electron chi connectivity index (χ1n) is 6.15. The fraction of sp³-hybridized carbons (Fsp3) is 0.727. The molecular formula is C11H20N4O2S. The van der Waals surface area contributed by atoms with Gasteiger partial charge in [-0.1, -0.05) is 25.6 Å². The summed E-state index contributed by atoms with van der Waals surface area (Å²) in [5.41, 5.74) is -0.221. The Morgan fingerprint density at radius 2 is 2.28 bits per heavy atom. The number of aromatic nitrogens is 3. The summed E-state index contributed by atoms with van der Waals surface area (Å²) >= 11 is 1.28. The lowest BCUT2D eigenvalue weighted by molar-refractivity contribution is -0.119. The Hall–Kier alpha value is -1.24. The second-order valence-electron chi connectivity index (χ2n) is 4.13. The maximum Gasteiger partial charge on any atom is 0.343 e. The molecule has 0 spiro atoms. The van der Waals surface area contributed by atoms with E-state index in [9.17, 15) is 9.59 Å². The number of nitrogens with one attached hydrogen (secondary N) is 2. The molecule has 0 bridgehead atoms. The first-order chi connectivity index (χ1) is 8.58. The van der Waals surface area contributed by atoms with E-state index in [1.807, 2.05) is 20.8 Å². The monoisotopic (exact) mass is 272 g/mol. The molecule has 0 aromatic carbocycles. The van der Waals surface area contributed by atoms with Crippen LogP contribution in [0, 0.1) is 0 Å². The van der Waals surface area contributed by atoms with Crippen LogP contribution in [-0.2, 0) is 11.3 Å². The van der Waals surface area contributed by atoms with Crippen LogP contribution in [0.1, 0.15) is 33.6 Å². The molecule has 0 saturated heterocycles. The van der Waals surface area contributed by atoms with Crippen molar-refractivity contribution in [1.29, 1.82) is 0 Å². The van der Waals surface area contributed by atoms with Crippen molar-refractivity contribution in [2.45, 2.75) is 51.4 Å². The predicted octanol–water partition coefficient (Wildman–Crippen LogP) is 0.988. The van der Waals surface area contributed by atoms with Gasteiger partial charge in [-0.3, -0.25) is 9.36 Å². The number of amides is 1. The molecule has 1 aromatic rings. The van der Waals surface area contributed by atoms with Crippen LogP contribution in [0.4, 0.5) is 0 Å². The number of aromatic amines is 1. The van der Waals surface area contributed by atoms with Gasteiger partial charge in [-0.2, -0.15) is 0 Å². The molecule has 102 valence electrons. The van der Waals surface area contributed by atoms with Gasteiger partial charge in [-0.05, 0) is 19.8 Å². The summed E-state index contributed by atoms with van der Waals surface area (Å²) in [6.45, 7) is 6.59. The Labute approximate surface area is 111 Å². The molecule has 1 rings (SSSR count). The van der Waals surface area contributed by atoms with E-state index >= 15 is 0 Å². The van der Waals surface area contributed by atoms with Crippen LogP contribution >= 0.6 is 11.8 Å². The van der Waals surface area contributed by atoms with E-state index in [1.165, 1.54) is 11.8 Å². The maximum atomic E-state index is 11.6. The summed E-state index contributed by atoms with van der Waals surface area (Å²) in [6.07, 6.45) is 1.76. The quantitative estimate of drug-likeness (QED) is 0.725. The number of hydrogen-bond acceptors (Lipinski definition) is 4. The molecule has 0 aliphatic rings. The molecule has 0 aliphatic carbocycles. The zero-order valence-electron chi connectivity index (χ0n) is 11.0. The second-order valence-corrected chi connectivity index (χ2v) is 5.07. The lowest BCUT2D eigenvalue weighted by atomic mass is 10.3. The van der Waals surface area contributed by atoms with Gasteiger partial charge in [-0.25, -0.2) is 9.89 Å². The molecule has 0 fully saturated rings. The summed E-state index contributed by atoms with van der Waals surface area (Å²) < 4.78 is 1.56. The van der Waals surface area contributed by atoms with Gasteiger partial charge in [0.25, 0.3) is 0 Å². The zero-order chi connectivity index (χ0) is 13.5. The van der Waals surface area contributed by atoms with Crippen molar-refractivity contribution in [3.05, 3.63) is 10.5 Å². The fourth-order valence-corrected chi connectivity index (χ4v) is 2.17. The third-order valence-electron chi connectivity index (χ3n) is 2.52. The molecule has 1 amide bonds. The number of hydrogen-bond donors (Lipinski definition) is 2. The molecule has 7 heteroatoms. The highest BCUT2D eigenvalue weighted by atomic mass is 32.2. The standard InChI is InChI=1S/C11H20N4O2S/c1-4-6-15-10(17)13-14-11(15)18-7-9(16)12-8(3)5-2/h8H,4-7H2,1-3H3,(H,12,16)(H,13,17). The highest BCUT2D eigenvalue weighted by Crippen LogP contribution is 2.12. The van der Waals surface area contributed by atoms with E-state index in [1.54, 1.807) is 4.57 Å². The van der Waals surface area contributed by atoms with Crippen molar-refractivity contribution < 1.29 is 4.79 Å². The van der Waals surface area contributed by atoms with Gasteiger partial charge in [-0.15, -0.1) is 5.10 Å². The zero-order valence-corrected chi connectivity index (χ0v) is 11.8. The summed E-state index contributed by atoms with van der Waals surface area (Å²) in [4.78, 5) is 23.0. The number of thioether (sulfide) groups is 1. The number of carbonyl (C=O) groups is 1. The lowest BCUT2D eigenvalue weighted by Gasteiger charge is -2.10.